The van der Waals surface area contributed by atoms with Gasteiger partial charge in [-0.3, -0.25) is 10.00 Å². The van der Waals surface area contributed by atoms with Crippen molar-refractivity contribution in [2.45, 2.75) is 38.0 Å². The number of halogens is 1. The second-order valence-electron chi connectivity index (χ2n) is 7.02. The molecule has 5 nitrogen and oxygen atoms in total. The van der Waals surface area contributed by atoms with Crippen LogP contribution in [-0.4, -0.2) is 52.1 Å². The third kappa shape index (κ3) is 3.34. The normalized spacial score (nSPS) is 27.7. The maximum atomic E-state index is 14.2. The van der Waals surface area contributed by atoms with Crippen molar-refractivity contribution < 1.29 is 14.2 Å². The van der Waals surface area contributed by atoms with Crippen LogP contribution in [0.5, 0.6) is 0 Å². The SMILES string of the molecule is OC1CCOCC1C1CCCN1Cc1cn[nH]c1-c1ccccc1F. The van der Waals surface area contributed by atoms with E-state index in [9.17, 15) is 9.50 Å². The van der Waals surface area contributed by atoms with Gasteiger partial charge in [0.05, 0.1) is 24.6 Å². The molecule has 0 bridgehead atoms. The maximum Gasteiger partial charge on any atom is 0.132 e. The second-order valence-corrected chi connectivity index (χ2v) is 7.02. The summed E-state index contributed by atoms with van der Waals surface area (Å²) in [5.74, 6) is -0.0952. The molecular formula is C19H24FN3O2. The molecule has 1 aromatic heterocycles. The Morgan fingerprint density at radius 1 is 1.32 bits per heavy atom. The number of ether oxygens (including phenoxy) is 1. The van der Waals surface area contributed by atoms with Gasteiger partial charge in [-0.1, -0.05) is 12.1 Å². The molecule has 3 unspecified atom stereocenters. The average molecular weight is 345 g/mol. The van der Waals surface area contributed by atoms with E-state index < -0.39 is 0 Å². The van der Waals surface area contributed by atoms with Gasteiger partial charge in [0, 0.05) is 36.2 Å². The number of hydrogen-bond acceptors (Lipinski definition) is 4. The summed E-state index contributed by atoms with van der Waals surface area (Å²) in [5.41, 5.74) is 2.28. The maximum absolute atomic E-state index is 14.2. The van der Waals surface area contributed by atoms with Crippen LogP contribution in [0, 0.1) is 11.7 Å². The Balaban J connectivity index is 1.54. The lowest BCUT2D eigenvalue weighted by molar-refractivity contribution is -0.0635. The zero-order valence-electron chi connectivity index (χ0n) is 14.2. The van der Waals surface area contributed by atoms with E-state index in [1.54, 1.807) is 18.3 Å². The summed E-state index contributed by atoms with van der Waals surface area (Å²) in [5, 5.41) is 17.5. The largest absolute Gasteiger partial charge is 0.393 e. The molecule has 2 aromatic rings. The average Bonchev–Trinajstić information content (AvgIpc) is 3.26. The zero-order valence-corrected chi connectivity index (χ0v) is 14.2. The number of aliphatic hydroxyl groups is 1. The van der Waals surface area contributed by atoms with Gasteiger partial charge in [0.15, 0.2) is 0 Å². The Morgan fingerprint density at radius 3 is 3.04 bits per heavy atom. The number of aliphatic hydroxyl groups excluding tert-OH is 1. The first kappa shape index (κ1) is 16.7. The summed E-state index contributed by atoms with van der Waals surface area (Å²) >= 11 is 0. The van der Waals surface area contributed by atoms with Gasteiger partial charge < -0.3 is 9.84 Å². The van der Waals surface area contributed by atoms with Crippen molar-refractivity contribution in [2.24, 2.45) is 5.92 Å². The smallest absolute Gasteiger partial charge is 0.132 e. The van der Waals surface area contributed by atoms with E-state index >= 15 is 0 Å². The van der Waals surface area contributed by atoms with E-state index in [0.29, 0.717) is 37.8 Å². The van der Waals surface area contributed by atoms with E-state index in [-0.39, 0.29) is 17.8 Å². The van der Waals surface area contributed by atoms with E-state index in [0.717, 1.165) is 30.6 Å². The summed E-state index contributed by atoms with van der Waals surface area (Å²) < 4.78 is 19.8. The first-order chi connectivity index (χ1) is 12.2. The van der Waals surface area contributed by atoms with Gasteiger partial charge in [-0.25, -0.2) is 4.39 Å². The quantitative estimate of drug-likeness (QED) is 0.894. The van der Waals surface area contributed by atoms with E-state index in [2.05, 4.69) is 15.1 Å². The molecule has 6 heteroatoms. The molecule has 3 heterocycles. The van der Waals surface area contributed by atoms with E-state index in [1.807, 2.05) is 6.07 Å². The van der Waals surface area contributed by atoms with Crippen molar-refractivity contribution in [3.8, 4) is 11.3 Å². The highest BCUT2D eigenvalue weighted by Gasteiger charge is 2.37. The summed E-state index contributed by atoms with van der Waals surface area (Å²) in [7, 11) is 0. The lowest BCUT2D eigenvalue weighted by atomic mass is 9.89. The second kappa shape index (κ2) is 7.23. The van der Waals surface area contributed by atoms with Gasteiger partial charge in [0.2, 0.25) is 0 Å². The van der Waals surface area contributed by atoms with Crippen LogP contribution in [0.15, 0.2) is 30.5 Å². The Kier molecular flexibility index (Phi) is 4.83. The molecule has 0 aliphatic carbocycles. The Hall–Kier alpha value is -1.76. The minimum Gasteiger partial charge on any atom is -0.393 e. The van der Waals surface area contributed by atoms with Gasteiger partial charge >= 0.3 is 0 Å². The Morgan fingerprint density at radius 2 is 2.20 bits per heavy atom. The third-order valence-electron chi connectivity index (χ3n) is 5.51. The highest BCUT2D eigenvalue weighted by atomic mass is 19.1. The number of aromatic amines is 1. The lowest BCUT2D eigenvalue weighted by Gasteiger charge is -2.37. The number of rotatable bonds is 4. The van der Waals surface area contributed by atoms with Crippen LogP contribution in [0.25, 0.3) is 11.3 Å². The molecule has 0 amide bonds. The predicted molar refractivity (Wildman–Crippen MR) is 92.3 cm³/mol. The molecule has 25 heavy (non-hydrogen) atoms. The number of likely N-dealkylation sites (tertiary alicyclic amines) is 1. The van der Waals surface area contributed by atoms with Crippen LogP contribution in [0.1, 0.15) is 24.8 Å². The Bertz CT molecular complexity index is 720. The van der Waals surface area contributed by atoms with Crippen LogP contribution < -0.4 is 0 Å². The molecule has 2 fully saturated rings. The molecule has 2 saturated heterocycles. The standard InChI is InChI=1S/C19H24FN3O2/c20-16-5-2-1-4-14(16)19-13(10-21-22-19)11-23-8-3-6-17(23)15-12-25-9-7-18(15)24/h1-2,4-5,10,15,17-18,24H,3,6-9,11-12H2,(H,21,22). The number of benzene rings is 1. The fourth-order valence-corrected chi connectivity index (χ4v) is 4.20. The lowest BCUT2D eigenvalue weighted by Crippen LogP contribution is -2.45. The molecule has 2 aliphatic heterocycles. The van der Waals surface area contributed by atoms with Crippen molar-refractivity contribution in [3.05, 3.63) is 41.8 Å². The summed E-state index contributed by atoms with van der Waals surface area (Å²) in [6.45, 7) is 2.95. The topological polar surface area (TPSA) is 61.4 Å². The van der Waals surface area contributed by atoms with Crippen molar-refractivity contribution >= 4 is 0 Å². The highest BCUT2D eigenvalue weighted by Crippen LogP contribution is 2.32. The molecule has 2 N–H and O–H groups in total. The van der Waals surface area contributed by atoms with Crippen LogP contribution in [0.4, 0.5) is 4.39 Å². The molecule has 0 radical (unpaired) electrons. The number of H-pyrrole nitrogens is 1. The van der Waals surface area contributed by atoms with Gasteiger partial charge in [-0.2, -0.15) is 5.10 Å². The van der Waals surface area contributed by atoms with Crippen molar-refractivity contribution in [3.63, 3.8) is 0 Å². The summed E-state index contributed by atoms with van der Waals surface area (Å²) in [4.78, 5) is 2.39. The minimum atomic E-state index is -0.297. The molecule has 4 rings (SSSR count). The van der Waals surface area contributed by atoms with Crippen molar-refractivity contribution in [1.29, 1.82) is 0 Å². The fourth-order valence-electron chi connectivity index (χ4n) is 4.20. The first-order valence-electron chi connectivity index (χ1n) is 9.01. The van der Waals surface area contributed by atoms with Gasteiger partial charge in [0.25, 0.3) is 0 Å². The molecule has 0 spiro atoms. The van der Waals surface area contributed by atoms with Crippen molar-refractivity contribution in [1.82, 2.24) is 15.1 Å². The monoisotopic (exact) mass is 345 g/mol. The fraction of sp³-hybridized carbons (Fsp3) is 0.526. The van der Waals surface area contributed by atoms with Gasteiger partial charge in [-0.05, 0) is 37.9 Å². The minimum absolute atomic E-state index is 0.153. The Labute approximate surface area is 146 Å². The number of nitrogens with one attached hydrogen (secondary N) is 1. The molecular weight excluding hydrogens is 321 g/mol. The highest BCUT2D eigenvalue weighted by molar-refractivity contribution is 5.63. The van der Waals surface area contributed by atoms with E-state index in [4.69, 9.17) is 4.74 Å². The molecule has 134 valence electrons. The molecule has 3 atom stereocenters. The first-order valence-corrected chi connectivity index (χ1v) is 9.01. The molecule has 2 aliphatic rings. The number of hydrogen-bond donors (Lipinski definition) is 2. The predicted octanol–water partition coefficient (Wildman–Crippen LogP) is 2.58. The van der Waals surface area contributed by atoms with Crippen LogP contribution in [-0.2, 0) is 11.3 Å². The third-order valence-corrected chi connectivity index (χ3v) is 5.51. The number of aromatic nitrogens is 2. The summed E-state index contributed by atoms with van der Waals surface area (Å²) in [6.07, 6.45) is 4.37. The zero-order chi connectivity index (χ0) is 17.2. The van der Waals surface area contributed by atoms with E-state index in [1.165, 1.54) is 6.07 Å². The van der Waals surface area contributed by atoms with Crippen LogP contribution in [0.3, 0.4) is 0 Å². The summed E-state index contributed by atoms with van der Waals surface area (Å²) in [6, 6.07) is 7.06. The molecule has 0 saturated carbocycles. The number of nitrogens with zero attached hydrogens (tertiary/aromatic N) is 2. The van der Waals surface area contributed by atoms with Gasteiger partial charge in [0.1, 0.15) is 5.82 Å². The molecule has 1 aromatic carbocycles. The van der Waals surface area contributed by atoms with Crippen molar-refractivity contribution in [2.75, 3.05) is 19.8 Å². The van der Waals surface area contributed by atoms with Crippen LogP contribution in [0.2, 0.25) is 0 Å². The van der Waals surface area contributed by atoms with Crippen LogP contribution >= 0.6 is 0 Å². The van der Waals surface area contributed by atoms with Gasteiger partial charge in [-0.15, -0.1) is 0 Å².